The van der Waals surface area contributed by atoms with Crippen LogP contribution in [0.2, 0.25) is 0 Å². The van der Waals surface area contributed by atoms with Gasteiger partial charge in [0.05, 0.1) is 7.11 Å². The number of H-pyrrole nitrogens is 1. The van der Waals surface area contributed by atoms with Gasteiger partial charge in [-0.25, -0.2) is 9.78 Å². The van der Waals surface area contributed by atoms with Crippen molar-refractivity contribution in [3.05, 3.63) is 39.0 Å². The minimum absolute atomic E-state index is 0.0957. The fraction of sp³-hybridized carbons (Fsp3) is 0.455. The van der Waals surface area contributed by atoms with Crippen LogP contribution >= 0.6 is 0 Å². The monoisotopic (exact) mass is 425 g/mol. The molecule has 0 atom stereocenters. The lowest BCUT2D eigenvalue weighted by Gasteiger charge is -2.12. The molecule has 3 aromatic rings. The first-order chi connectivity index (χ1) is 14.9. The largest absolute Gasteiger partial charge is 0.493 e. The van der Waals surface area contributed by atoms with Gasteiger partial charge in [-0.1, -0.05) is 27.2 Å². The van der Waals surface area contributed by atoms with E-state index in [0.717, 1.165) is 18.4 Å². The highest BCUT2D eigenvalue weighted by Gasteiger charge is 2.21. The van der Waals surface area contributed by atoms with Gasteiger partial charge in [-0.15, -0.1) is 0 Å². The topological polar surface area (TPSA) is 115 Å². The maximum absolute atomic E-state index is 12.8. The molecule has 0 unspecified atom stereocenters. The van der Waals surface area contributed by atoms with Gasteiger partial charge in [-0.3, -0.25) is 14.3 Å². The second kappa shape index (κ2) is 9.51. The summed E-state index contributed by atoms with van der Waals surface area (Å²) in [5.74, 6) is 1.67. The van der Waals surface area contributed by atoms with Crippen LogP contribution in [-0.4, -0.2) is 32.8 Å². The van der Waals surface area contributed by atoms with Crippen molar-refractivity contribution in [1.29, 1.82) is 5.26 Å². The number of nitrogens with one attached hydrogen (secondary N) is 1. The third kappa shape index (κ3) is 4.48. The molecular formula is C22H27N5O4. The molecule has 0 fully saturated rings. The summed E-state index contributed by atoms with van der Waals surface area (Å²) in [7, 11) is 1.52. The van der Waals surface area contributed by atoms with E-state index in [9.17, 15) is 9.59 Å². The zero-order valence-electron chi connectivity index (χ0n) is 18.3. The number of methoxy groups -OCH3 is 1. The molecule has 9 heteroatoms. The Hall–Kier alpha value is -3.54. The Balaban J connectivity index is 2.26. The Morgan fingerprint density at radius 2 is 2.00 bits per heavy atom. The third-order valence-electron chi connectivity index (χ3n) is 4.88. The van der Waals surface area contributed by atoms with Crippen molar-refractivity contribution >= 4 is 11.2 Å². The van der Waals surface area contributed by atoms with Crippen LogP contribution in [0.4, 0.5) is 0 Å². The van der Waals surface area contributed by atoms with Crippen molar-refractivity contribution in [3.8, 4) is 29.0 Å². The van der Waals surface area contributed by atoms with E-state index in [1.807, 2.05) is 24.5 Å². The highest BCUT2D eigenvalue weighted by atomic mass is 16.5. The molecule has 9 nitrogen and oxygen atoms in total. The van der Waals surface area contributed by atoms with Gasteiger partial charge in [0.25, 0.3) is 5.56 Å². The molecule has 0 radical (unpaired) electrons. The maximum Gasteiger partial charge on any atom is 0.330 e. The van der Waals surface area contributed by atoms with Crippen LogP contribution < -0.4 is 20.7 Å². The van der Waals surface area contributed by atoms with Crippen LogP contribution in [0.15, 0.2) is 27.8 Å². The van der Waals surface area contributed by atoms with E-state index in [1.165, 1.54) is 11.7 Å². The summed E-state index contributed by atoms with van der Waals surface area (Å²) in [5, 5.41) is 8.77. The smallest absolute Gasteiger partial charge is 0.330 e. The molecule has 0 spiro atoms. The van der Waals surface area contributed by atoms with Gasteiger partial charge in [-0.05, 0) is 30.5 Å². The fourth-order valence-corrected chi connectivity index (χ4v) is 3.50. The summed E-state index contributed by atoms with van der Waals surface area (Å²) in [6, 6.07) is 7.20. The summed E-state index contributed by atoms with van der Waals surface area (Å²) in [6.45, 7) is 7.01. The molecule has 1 aromatic carbocycles. The van der Waals surface area contributed by atoms with Crippen LogP contribution in [-0.2, 0) is 13.1 Å². The van der Waals surface area contributed by atoms with Gasteiger partial charge in [-0.2, -0.15) is 5.26 Å². The predicted octanol–water partition coefficient (Wildman–Crippen LogP) is 2.92. The van der Waals surface area contributed by atoms with Crippen molar-refractivity contribution < 1.29 is 9.47 Å². The maximum atomic E-state index is 12.8. The van der Waals surface area contributed by atoms with Crippen LogP contribution in [0.3, 0.4) is 0 Å². The third-order valence-corrected chi connectivity index (χ3v) is 4.88. The van der Waals surface area contributed by atoms with Gasteiger partial charge in [0.1, 0.15) is 11.9 Å². The van der Waals surface area contributed by atoms with Crippen molar-refractivity contribution in [2.75, 3.05) is 13.7 Å². The molecule has 0 saturated heterocycles. The van der Waals surface area contributed by atoms with Gasteiger partial charge in [0.2, 0.25) is 0 Å². The molecule has 2 heterocycles. The fourth-order valence-electron chi connectivity index (χ4n) is 3.50. The number of nitriles is 1. The van der Waals surface area contributed by atoms with Crippen LogP contribution in [0.1, 0.15) is 33.6 Å². The number of hydrogen-bond acceptors (Lipinski definition) is 6. The normalized spacial score (nSPS) is 11.1. The first-order valence-corrected chi connectivity index (χ1v) is 10.3. The SMILES string of the molecule is CCCCn1c(-c2ccc(OCC#N)c(OC)c2)nc2c1c(=O)[nH]c(=O)n2CC(C)C. The van der Waals surface area contributed by atoms with Gasteiger partial charge < -0.3 is 14.0 Å². The number of ether oxygens (including phenoxy) is 2. The van der Waals surface area contributed by atoms with E-state index in [4.69, 9.17) is 19.7 Å². The molecule has 164 valence electrons. The predicted molar refractivity (Wildman–Crippen MR) is 117 cm³/mol. The van der Waals surface area contributed by atoms with E-state index in [1.54, 1.807) is 18.2 Å². The number of fused-ring (bicyclic) bond motifs is 1. The molecule has 0 amide bonds. The Morgan fingerprint density at radius 3 is 2.65 bits per heavy atom. The molecule has 2 aromatic heterocycles. The number of imidazole rings is 1. The Bertz CT molecular complexity index is 1230. The second-order valence-electron chi connectivity index (χ2n) is 7.69. The number of aromatic amines is 1. The van der Waals surface area contributed by atoms with Gasteiger partial charge in [0, 0.05) is 18.7 Å². The highest BCUT2D eigenvalue weighted by molar-refractivity contribution is 5.77. The number of benzene rings is 1. The number of hydrogen-bond donors (Lipinski definition) is 1. The summed E-state index contributed by atoms with van der Waals surface area (Å²) in [6.07, 6.45) is 1.79. The van der Waals surface area contributed by atoms with Crippen LogP contribution in [0.5, 0.6) is 11.5 Å². The molecule has 0 aliphatic heterocycles. The van der Waals surface area contributed by atoms with E-state index >= 15 is 0 Å². The average Bonchev–Trinajstić information content (AvgIpc) is 3.13. The van der Waals surface area contributed by atoms with Crippen LogP contribution in [0.25, 0.3) is 22.6 Å². The number of aryl methyl sites for hydroxylation is 1. The standard InChI is InChI=1S/C22H27N5O4/c1-5-6-10-26-18-20(27(13-14(2)3)22(29)25-21(18)28)24-19(26)15-7-8-16(31-11-9-23)17(12-15)30-4/h7-8,12,14H,5-6,10-11,13H2,1-4H3,(H,25,28,29). The Kier molecular flexibility index (Phi) is 6.80. The molecule has 1 N–H and O–H groups in total. The quantitative estimate of drug-likeness (QED) is 0.564. The molecule has 3 rings (SSSR count). The summed E-state index contributed by atoms with van der Waals surface area (Å²) in [4.78, 5) is 32.4. The zero-order chi connectivity index (χ0) is 22.5. The van der Waals surface area contributed by atoms with E-state index in [2.05, 4.69) is 11.9 Å². The van der Waals surface area contributed by atoms with Crippen molar-refractivity contribution in [2.24, 2.45) is 5.92 Å². The first-order valence-electron chi connectivity index (χ1n) is 10.3. The average molecular weight is 425 g/mol. The number of unbranched alkanes of at least 4 members (excludes halogenated alkanes) is 1. The Morgan fingerprint density at radius 1 is 1.23 bits per heavy atom. The lowest BCUT2D eigenvalue weighted by Crippen LogP contribution is -2.32. The van der Waals surface area contributed by atoms with Crippen LogP contribution in [0, 0.1) is 17.2 Å². The lowest BCUT2D eigenvalue weighted by molar-refractivity contribution is 0.330. The molecule has 0 aliphatic rings. The molecule has 0 bridgehead atoms. The summed E-state index contributed by atoms with van der Waals surface area (Å²) < 4.78 is 14.2. The molecule has 0 saturated carbocycles. The Labute approximate surface area is 179 Å². The number of nitrogens with zero attached hydrogens (tertiary/aromatic N) is 4. The number of aromatic nitrogens is 4. The molecule has 31 heavy (non-hydrogen) atoms. The second-order valence-corrected chi connectivity index (χ2v) is 7.69. The number of rotatable bonds is 9. The lowest BCUT2D eigenvalue weighted by atomic mass is 10.2. The zero-order valence-corrected chi connectivity index (χ0v) is 18.3. The summed E-state index contributed by atoms with van der Waals surface area (Å²) in [5.41, 5.74) is 0.563. The van der Waals surface area contributed by atoms with Gasteiger partial charge >= 0.3 is 5.69 Å². The minimum atomic E-state index is -0.462. The van der Waals surface area contributed by atoms with E-state index in [0.29, 0.717) is 41.6 Å². The first kappa shape index (κ1) is 22.2. The summed E-state index contributed by atoms with van der Waals surface area (Å²) >= 11 is 0. The molecule has 0 aliphatic carbocycles. The van der Waals surface area contributed by atoms with E-state index in [-0.39, 0.29) is 12.5 Å². The van der Waals surface area contributed by atoms with E-state index < -0.39 is 11.2 Å². The van der Waals surface area contributed by atoms with Crippen molar-refractivity contribution in [1.82, 2.24) is 19.1 Å². The highest BCUT2D eigenvalue weighted by Crippen LogP contribution is 2.33. The van der Waals surface area contributed by atoms with Gasteiger partial charge in [0.15, 0.2) is 29.3 Å². The molecular weight excluding hydrogens is 398 g/mol. The van der Waals surface area contributed by atoms with Crippen molar-refractivity contribution in [2.45, 2.75) is 46.7 Å². The minimum Gasteiger partial charge on any atom is -0.493 e. The van der Waals surface area contributed by atoms with Crippen molar-refractivity contribution in [3.63, 3.8) is 0 Å².